The van der Waals surface area contributed by atoms with Gasteiger partial charge in [-0.15, -0.1) is 0 Å². The maximum atomic E-state index is 13.3. The molecule has 0 atom stereocenters. The molecule has 0 amide bonds. The van der Waals surface area contributed by atoms with Crippen LogP contribution in [0.25, 0.3) is 0 Å². The Morgan fingerprint density at radius 1 is 1.30 bits per heavy atom. The molecular weight excluding hydrogens is 257 g/mol. The molecule has 5 heteroatoms. The summed E-state index contributed by atoms with van der Waals surface area (Å²) in [6, 6.07) is 6.42. The van der Waals surface area contributed by atoms with Crippen molar-refractivity contribution in [2.45, 2.75) is 20.4 Å². The Labute approximate surface area is 118 Å². The SMILES string of the molecule is Cc1nc(CNCCOc2ccccc2F)n(C)c1C. The lowest BCUT2D eigenvalue weighted by molar-refractivity contribution is 0.297. The summed E-state index contributed by atoms with van der Waals surface area (Å²) < 4.78 is 20.7. The Bertz CT molecular complexity index is 580. The molecule has 0 aliphatic heterocycles. The second-order valence-corrected chi connectivity index (χ2v) is 4.71. The highest BCUT2D eigenvalue weighted by molar-refractivity contribution is 5.23. The van der Waals surface area contributed by atoms with Crippen molar-refractivity contribution in [1.82, 2.24) is 14.9 Å². The average molecular weight is 277 g/mol. The number of nitrogens with zero attached hydrogens (tertiary/aromatic N) is 2. The van der Waals surface area contributed by atoms with Crippen LogP contribution in [0, 0.1) is 19.7 Å². The van der Waals surface area contributed by atoms with Crippen molar-refractivity contribution in [3.05, 3.63) is 47.3 Å². The maximum Gasteiger partial charge on any atom is 0.165 e. The summed E-state index contributed by atoms with van der Waals surface area (Å²) >= 11 is 0. The first kappa shape index (κ1) is 14.5. The molecule has 0 saturated carbocycles. The van der Waals surface area contributed by atoms with Gasteiger partial charge in [0.2, 0.25) is 0 Å². The number of nitrogens with one attached hydrogen (secondary N) is 1. The van der Waals surface area contributed by atoms with Gasteiger partial charge in [0.05, 0.1) is 12.2 Å². The highest BCUT2D eigenvalue weighted by Crippen LogP contribution is 2.14. The summed E-state index contributed by atoms with van der Waals surface area (Å²) in [4.78, 5) is 4.48. The number of rotatable bonds is 6. The molecule has 108 valence electrons. The molecule has 0 fully saturated rings. The van der Waals surface area contributed by atoms with E-state index in [1.54, 1.807) is 18.2 Å². The minimum atomic E-state index is -0.331. The molecule has 0 aliphatic rings. The van der Waals surface area contributed by atoms with Gasteiger partial charge in [-0.25, -0.2) is 9.37 Å². The van der Waals surface area contributed by atoms with Crippen LogP contribution < -0.4 is 10.1 Å². The second-order valence-electron chi connectivity index (χ2n) is 4.71. The zero-order valence-corrected chi connectivity index (χ0v) is 12.1. The van der Waals surface area contributed by atoms with Gasteiger partial charge in [-0.2, -0.15) is 0 Å². The third-order valence-electron chi connectivity index (χ3n) is 3.37. The minimum absolute atomic E-state index is 0.290. The fourth-order valence-electron chi connectivity index (χ4n) is 1.94. The summed E-state index contributed by atoms with van der Waals surface area (Å²) in [6.07, 6.45) is 0. The van der Waals surface area contributed by atoms with Gasteiger partial charge in [-0.3, -0.25) is 0 Å². The summed E-state index contributed by atoms with van der Waals surface area (Å²) in [5, 5.41) is 3.24. The number of halogens is 1. The van der Waals surface area contributed by atoms with Gasteiger partial charge in [0.25, 0.3) is 0 Å². The molecule has 1 aromatic heterocycles. The van der Waals surface area contributed by atoms with Crippen molar-refractivity contribution < 1.29 is 9.13 Å². The van der Waals surface area contributed by atoms with Crippen LogP contribution in [0.4, 0.5) is 4.39 Å². The summed E-state index contributed by atoms with van der Waals surface area (Å²) in [7, 11) is 2.00. The lowest BCUT2D eigenvalue weighted by atomic mass is 10.3. The molecule has 0 spiro atoms. The van der Waals surface area contributed by atoms with Crippen LogP contribution in [0.2, 0.25) is 0 Å². The highest BCUT2D eigenvalue weighted by Gasteiger charge is 2.06. The normalized spacial score (nSPS) is 10.8. The van der Waals surface area contributed by atoms with Crippen molar-refractivity contribution in [3.8, 4) is 5.75 Å². The molecule has 1 N–H and O–H groups in total. The first-order chi connectivity index (χ1) is 9.59. The van der Waals surface area contributed by atoms with Gasteiger partial charge in [0.1, 0.15) is 12.4 Å². The largest absolute Gasteiger partial charge is 0.489 e. The zero-order valence-electron chi connectivity index (χ0n) is 12.1. The molecule has 1 heterocycles. The molecule has 0 unspecified atom stereocenters. The summed E-state index contributed by atoms with van der Waals surface area (Å²) in [6.45, 7) is 5.78. The molecule has 2 rings (SSSR count). The fraction of sp³-hybridized carbons (Fsp3) is 0.400. The van der Waals surface area contributed by atoms with Crippen molar-refractivity contribution in [3.63, 3.8) is 0 Å². The van der Waals surface area contributed by atoms with Gasteiger partial charge in [-0.05, 0) is 26.0 Å². The average Bonchev–Trinajstić information content (AvgIpc) is 2.68. The van der Waals surface area contributed by atoms with Crippen molar-refractivity contribution >= 4 is 0 Å². The van der Waals surface area contributed by atoms with Gasteiger partial charge in [0.15, 0.2) is 11.6 Å². The van der Waals surface area contributed by atoms with Crippen LogP contribution in [0.15, 0.2) is 24.3 Å². The lowest BCUT2D eigenvalue weighted by Gasteiger charge is -2.08. The van der Waals surface area contributed by atoms with Crippen molar-refractivity contribution in [2.75, 3.05) is 13.2 Å². The Morgan fingerprint density at radius 3 is 2.70 bits per heavy atom. The standard InChI is InChI=1S/C15H20FN3O/c1-11-12(2)19(3)15(18-11)10-17-8-9-20-14-7-5-4-6-13(14)16/h4-7,17H,8-10H2,1-3H3. The zero-order chi connectivity index (χ0) is 14.5. The second kappa shape index (κ2) is 6.52. The van der Waals surface area contributed by atoms with E-state index in [9.17, 15) is 4.39 Å². The number of benzene rings is 1. The molecule has 0 saturated heterocycles. The van der Waals surface area contributed by atoms with Gasteiger partial charge in [-0.1, -0.05) is 12.1 Å². The van der Waals surface area contributed by atoms with Crippen LogP contribution >= 0.6 is 0 Å². The number of aryl methyl sites for hydroxylation is 1. The molecular formula is C15H20FN3O. The van der Waals surface area contributed by atoms with E-state index >= 15 is 0 Å². The van der Waals surface area contributed by atoms with E-state index < -0.39 is 0 Å². The van der Waals surface area contributed by atoms with Crippen molar-refractivity contribution in [1.29, 1.82) is 0 Å². The summed E-state index contributed by atoms with van der Waals surface area (Å²) in [5.41, 5.74) is 2.22. The number of hydrogen-bond donors (Lipinski definition) is 1. The summed E-state index contributed by atoms with van der Waals surface area (Å²) in [5.74, 6) is 0.951. The van der Waals surface area contributed by atoms with Crippen LogP contribution in [-0.2, 0) is 13.6 Å². The monoisotopic (exact) mass is 277 g/mol. The quantitative estimate of drug-likeness (QED) is 0.824. The Balaban J connectivity index is 1.74. The topological polar surface area (TPSA) is 39.1 Å². The fourth-order valence-corrected chi connectivity index (χ4v) is 1.94. The van der Waals surface area contributed by atoms with Crippen LogP contribution in [0.1, 0.15) is 17.2 Å². The van der Waals surface area contributed by atoms with Gasteiger partial charge < -0.3 is 14.6 Å². The predicted molar refractivity (Wildman–Crippen MR) is 76.3 cm³/mol. The van der Waals surface area contributed by atoms with E-state index in [4.69, 9.17) is 4.74 Å². The van der Waals surface area contributed by atoms with Crippen LogP contribution in [-0.4, -0.2) is 22.7 Å². The Kier molecular flexibility index (Phi) is 4.74. The predicted octanol–water partition coefficient (Wildman–Crippen LogP) is 2.34. The number of imidazole rings is 1. The smallest absolute Gasteiger partial charge is 0.165 e. The van der Waals surface area contributed by atoms with Crippen molar-refractivity contribution in [2.24, 2.45) is 7.05 Å². The van der Waals surface area contributed by atoms with Crippen LogP contribution in [0.3, 0.4) is 0 Å². The van der Waals surface area contributed by atoms with E-state index in [2.05, 4.69) is 14.9 Å². The van der Waals surface area contributed by atoms with E-state index in [1.165, 1.54) is 11.8 Å². The number of para-hydroxylation sites is 1. The number of aromatic nitrogens is 2. The van der Waals surface area contributed by atoms with E-state index in [-0.39, 0.29) is 11.6 Å². The third-order valence-corrected chi connectivity index (χ3v) is 3.37. The molecule has 1 aromatic carbocycles. The Hall–Kier alpha value is -1.88. The van der Waals surface area contributed by atoms with E-state index in [0.717, 1.165) is 11.5 Å². The molecule has 4 nitrogen and oxygen atoms in total. The number of hydrogen-bond acceptors (Lipinski definition) is 3. The third kappa shape index (κ3) is 3.36. The molecule has 0 radical (unpaired) electrons. The van der Waals surface area contributed by atoms with Gasteiger partial charge >= 0.3 is 0 Å². The minimum Gasteiger partial charge on any atom is -0.489 e. The molecule has 0 aliphatic carbocycles. The maximum absolute atomic E-state index is 13.3. The van der Waals surface area contributed by atoms with E-state index in [1.807, 2.05) is 20.9 Å². The van der Waals surface area contributed by atoms with Gasteiger partial charge in [0, 0.05) is 19.3 Å². The first-order valence-electron chi connectivity index (χ1n) is 6.66. The molecule has 2 aromatic rings. The molecule has 20 heavy (non-hydrogen) atoms. The van der Waals surface area contributed by atoms with Crippen LogP contribution in [0.5, 0.6) is 5.75 Å². The molecule has 0 bridgehead atoms. The first-order valence-corrected chi connectivity index (χ1v) is 6.66. The highest BCUT2D eigenvalue weighted by atomic mass is 19.1. The lowest BCUT2D eigenvalue weighted by Crippen LogP contribution is -2.22. The Morgan fingerprint density at radius 2 is 2.05 bits per heavy atom. The van der Waals surface area contributed by atoms with E-state index in [0.29, 0.717) is 19.7 Å². The number of ether oxygens (including phenoxy) is 1.